The van der Waals surface area contributed by atoms with Crippen LogP contribution in [0.4, 0.5) is 17.1 Å². The fraction of sp³-hybridized carbons (Fsp3) is 0. The summed E-state index contributed by atoms with van der Waals surface area (Å²) in [5.41, 5.74) is 10.4. The van der Waals surface area contributed by atoms with Gasteiger partial charge in [-0.2, -0.15) is 0 Å². The summed E-state index contributed by atoms with van der Waals surface area (Å²) in [6, 6.07) is 59.7. The van der Waals surface area contributed by atoms with E-state index in [0.29, 0.717) is 0 Å². The van der Waals surface area contributed by atoms with E-state index in [1.807, 2.05) is 0 Å². The molecular formula is C49H28N4. The van der Waals surface area contributed by atoms with Crippen molar-refractivity contribution in [3.63, 3.8) is 0 Å². The van der Waals surface area contributed by atoms with Gasteiger partial charge < -0.3 is 9.30 Å². The molecule has 5 heterocycles. The number of nitrogens with zero attached hydrogens (tertiary/aromatic N) is 4. The van der Waals surface area contributed by atoms with Crippen molar-refractivity contribution in [3.05, 3.63) is 170 Å². The average molecular weight is 673 g/mol. The molecule has 0 saturated heterocycles. The standard InChI is InChI=1S/C49H28N4/c1-3-16-31(17-4-1)51(32-18-5-2-6-19-32)40-27-30-15-8-9-20-33(30)42-38-26-29-14-7-10-21-34(29)43-45-41(52(47(38)43)48(40)42)28-50-49-44(45)37-24-13-23-36-35-22-11-12-25-39(35)53(49)46(36)37/h1-28H. The third-order valence-electron chi connectivity index (χ3n) is 11.7. The summed E-state index contributed by atoms with van der Waals surface area (Å²) in [4.78, 5) is 7.84. The van der Waals surface area contributed by atoms with Gasteiger partial charge in [-0.15, -0.1) is 0 Å². The van der Waals surface area contributed by atoms with Crippen LogP contribution in [0.1, 0.15) is 0 Å². The average Bonchev–Trinajstić information content (AvgIpc) is 3.95. The van der Waals surface area contributed by atoms with Crippen LogP contribution in [0.25, 0.3) is 97.9 Å². The van der Waals surface area contributed by atoms with E-state index in [-0.39, 0.29) is 0 Å². The highest BCUT2D eigenvalue weighted by molar-refractivity contribution is 6.41. The number of benzene rings is 8. The van der Waals surface area contributed by atoms with Crippen LogP contribution >= 0.6 is 0 Å². The lowest BCUT2D eigenvalue weighted by Crippen LogP contribution is -2.11. The largest absolute Gasteiger partial charge is 0.308 e. The van der Waals surface area contributed by atoms with Crippen LogP contribution in [0.3, 0.4) is 0 Å². The summed E-state index contributed by atoms with van der Waals surface area (Å²) >= 11 is 0. The minimum Gasteiger partial charge on any atom is -0.308 e. The number of pyridine rings is 1. The minimum atomic E-state index is 1.01. The van der Waals surface area contributed by atoms with Crippen molar-refractivity contribution >= 4 is 115 Å². The molecule has 0 spiro atoms. The molecule has 0 saturated carbocycles. The molecule has 0 amide bonds. The van der Waals surface area contributed by atoms with Gasteiger partial charge in [-0.3, -0.25) is 4.40 Å². The molecule has 0 bridgehead atoms. The molecule has 0 aliphatic rings. The summed E-state index contributed by atoms with van der Waals surface area (Å²) in [5, 5.41) is 15.0. The molecule has 0 aliphatic carbocycles. The van der Waals surface area contributed by atoms with Crippen LogP contribution in [0, 0.1) is 0 Å². The maximum absolute atomic E-state index is 5.41. The fourth-order valence-electron chi connectivity index (χ4n) is 9.72. The van der Waals surface area contributed by atoms with Gasteiger partial charge in [0.15, 0.2) is 0 Å². The second-order valence-corrected chi connectivity index (χ2v) is 14.3. The zero-order valence-electron chi connectivity index (χ0n) is 28.5. The second kappa shape index (κ2) is 9.78. The molecule has 0 radical (unpaired) electrons. The molecule has 4 nitrogen and oxygen atoms in total. The van der Waals surface area contributed by atoms with Gasteiger partial charge in [0.25, 0.3) is 0 Å². The zero-order chi connectivity index (χ0) is 34.4. The lowest BCUT2D eigenvalue weighted by Gasteiger charge is -2.27. The number of fused-ring (bicyclic) bond motifs is 17. The number of anilines is 3. The van der Waals surface area contributed by atoms with Gasteiger partial charge in [-0.1, -0.05) is 121 Å². The molecule has 13 aromatic rings. The number of hydrogen-bond donors (Lipinski definition) is 0. The molecule has 244 valence electrons. The smallest absolute Gasteiger partial charge is 0.146 e. The van der Waals surface area contributed by atoms with Crippen molar-refractivity contribution in [3.8, 4) is 0 Å². The minimum absolute atomic E-state index is 1.01. The lowest BCUT2D eigenvalue weighted by atomic mass is 9.96. The number of rotatable bonds is 3. The van der Waals surface area contributed by atoms with Crippen molar-refractivity contribution in [2.24, 2.45) is 0 Å². The molecule has 8 aromatic carbocycles. The molecule has 4 heteroatoms. The van der Waals surface area contributed by atoms with E-state index < -0.39 is 0 Å². The topological polar surface area (TPSA) is 24.9 Å². The van der Waals surface area contributed by atoms with Crippen LogP contribution in [0.2, 0.25) is 0 Å². The third kappa shape index (κ3) is 3.34. The molecule has 0 fully saturated rings. The highest BCUT2D eigenvalue weighted by atomic mass is 15.2. The predicted molar refractivity (Wildman–Crippen MR) is 223 cm³/mol. The predicted octanol–water partition coefficient (Wildman–Crippen LogP) is 13.2. The Balaban J connectivity index is 1.33. The van der Waals surface area contributed by atoms with Crippen molar-refractivity contribution in [1.82, 2.24) is 13.8 Å². The van der Waals surface area contributed by atoms with Crippen molar-refractivity contribution in [2.45, 2.75) is 0 Å². The van der Waals surface area contributed by atoms with E-state index in [1.54, 1.807) is 0 Å². The SMILES string of the molecule is c1ccc(N(c2ccccc2)c2cc3ccccc3c3c4cc5ccccc5c5c6c7c8cccc9c%10ccccc%10n(c7ncc6n(c23)c45)c98)cc1. The highest BCUT2D eigenvalue weighted by Crippen LogP contribution is 2.52. The van der Waals surface area contributed by atoms with Gasteiger partial charge in [-0.05, 0) is 64.0 Å². The Morgan fingerprint density at radius 2 is 0.981 bits per heavy atom. The first-order chi connectivity index (χ1) is 26.3. The Kier molecular flexibility index (Phi) is 5.08. The monoisotopic (exact) mass is 672 g/mol. The van der Waals surface area contributed by atoms with E-state index in [2.05, 4.69) is 184 Å². The molecule has 13 rings (SSSR count). The van der Waals surface area contributed by atoms with Gasteiger partial charge in [0, 0.05) is 54.5 Å². The van der Waals surface area contributed by atoms with Gasteiger partial charge in [0.1, 0.15) is 5.65 Å². The Hall–Kier alpha value is -7.17. The van der Waals surface area contributed by atoms with Crippen molar-refractivity contribution in [2.75, 3.05) is 4.90 Å². The third-order valence-corrected chi connectivity index (χ3v) is 11.7. The first-order valence-corrected chi connectivity index (χ1v) is 18.2. The Bertz CT molecular complexity index is 3580. The Labute approximate surface area is 302 Å². The zero-order valence-corrected chi connectivity index (χ0v) is 28.5. The van der Waals surface area contributed by atoms with Crippen molar-refractivity contribution in [1.29, 1.82) is 0 Å². The molecular weight excluding hydrogens is 645 g/mol. The summed E-state index contributed by atoms with van der Waals surface area (Å²) in [6.45, 7) is 0. The highest BCUT2D eigenvalue weighted by Gasteiger charge is 2.29. The van der Waals surface area contributed by atoms with Crippen LogP contribution in [-0.2, 0) is 0 Å². The molecule has 0 atom stereocenters. The maximum atomic E-state index is 5.41. The quantitative estimate of drug-likeness (QED) is 0.187. The van der Waals surface area contributed by atoms with E-state index in [4.69, 9.17) is 4.98 Å². The number of aromatic nitrogens is 3. The van der Waals surface area contributed by atoms with Gasteiger partial charge >= 0.3 is 0 Å². The van der Waals surface area contributed by atoms with Crippen LogP contribution < -0.4 is 4.90 Å². The molecule has 0 unspecified atom stereocenters. The van der Waals surface area contributed by atoms with Crippen LogP contribution in [0.15, 0.2) is 170 Å². The second-order valence-electron chi connectivity index (χ2n) is 14.3. The molecule has 5 aromatic heterocycles. The van der Waals surface area contributed by atoms with E-state index in [1.165, 1.54) is 86.7 Å². The summed E-state index contributed by atoms with van der Waals surface area (Å²) in [5.74, 6) is 0. The fourth-order valence-corrected chi connectivity index (χ4v) is 9.72. The first-order valence-electron chi connectivity index (χ1n) is 18.2. The van der Waals surface area contributed by atoms with Crippen molar-refractivity contribution < 1.29 is 0 Å². The summed E-state index contributed by atoms with van der Waals surface area (Å²) < 4.78 is 4.94. The maximum Gasteiger partial charge on any atom is 0.146 e. The first kappa shape index (κ1) is 27.5. The Morgan fingerprint density at radius 3 is 1.74 bits per heavy atom. The number of para-hydroxylation sites is 4. The molecule has 0 aliphatic heterocycles. The van der Waals surface area contributed by atoms with Crippen LogP contribution in [-0.4, -0.2) is 13.8 Å². The van der Waals surface area contributed by atoms with E-state index in [9.17, 15) is 0 Å². The van der Waals surface area contributed by atoms with Crippen LogP contribution in [0.5, 0.6) is 0 Å². The van der Waals surface area contributed by atoms with Gasteiger partial charge in [-0.25, -0.2) is 4.98 Å². The Morgan fingerprint density at radius 1 is 0.377 bits per heavy atom. The van der Waals surface area contributed by atoms with Gasteiger partial charge in [0.2, 0.25) is 0 Å². The lowest BCUT2D eigenvalue weighted by molar-refractivity contribution is 1.25. The molecule has 53 heavy (non-hydrogen) atoms. The number of hydrogen-bond acceptors (Lipinski definition) is 2. The van der Waals surface area contributed by atoms with E-state index in [0.717, 1.165) is 28.2 Å². The van der Waals surface area contributed by atoms with E-state index >= 15 is 0 Å². The normalized spacial score (nSPS) is 12.5. The molecule has 0 N–H and O–H groups in total. The summed E-state index contributed by atoms with van der Waals surface area (Å²) in [6.07, 6.45) is 2.14. The summed E-state index contributed by atoms with van der Waals surface area (Å²) in [7, 11) is 0. The van der Waals surface area contributed by atoms with Gasteiger partial charge in [0.05, 0.1) is 39.5 Å².